The molecule has 1 aliphatic heterocycles. The minimum Gasteiger partial charge on any atom is -0.394 e. The number of benzene rings is 1. The topological polar surface area (TPSA) is 58.7 Å². The molecule has 0 radical (unpaired) electrons. The SMILES string of the molecule is NCC(c1ccc(F)cc1)N1CCOC(CO)C1. The Labute approximate surface area is 106 Å². The second-order valence-corrected chi connectivity index (χ2v) is 4.47. The Kier molecular flexibility index (Phi) is 4.66. The van der Waals surface area contributed by atoms with Crippen LogP contribution in [0.25, 0.3) is 0 Å². The summed E-state index contributed by atoms with van der Waals surface area (Å²) in [7, 11) is 0. The number of morpholine rings is 1. The Morgan fingerprint density at radius 1 is 1.44 bits per heavy atom. The number of hydrogen-bond acceptors (Lipinski definition) is 4. The number of nitrogens with zero attached hydrogens (tertiary/aromatic N) is 1. The van der Waals surface area contributed by atoms with Crippen molar-refractivity contribution in [3.63, 3.8) is 0 Å². The molecule has 2 unspecified atom stereocenters. The van der Waals surface area contributed by atoms with Crippen LogP contribution in [-0.4, -0.2) is 49.0 Å². The van der Waals surface area contributed by atoms with Crippen molar-refractivity contribution < 1.29 is 14.2 Å². The van der Waals surface area contributed by atoms with Crippen LogP contribution in [0.15, 0.2) is 24.3 Å². The predicted molar refractivity (Wildman–Crippen MR) is 66.6 cm³/mol. The van der Waals surface area contributed by atoms with Crippen LogP contribution in [0.4, 0.5) is 4.39 Å². The van der Waals surface area contributed by atoms with Crippen LogP contribution < -0.4 is 5.73 Å². The van der Waals surface area contributed by atoms with E-state index in [-0.39, 0.29) is 24.6 Å². The summed E-state index contributed by atoms with van der Waals surface area (Å²) in [6.45, 7) is 2.48. The van der Waals surface area contributed by atoms with Crippen molar-refractivity contribution in [3.05, 3.63) is 35.6 Å². The first-order valence-corrected chi connectivity index (χ1v) is 6.16. The van der Waals surface area contributed by atoms with Gasteiger partial charge in [-0.1, -0.05) is 12.1 Å². The van der Waals surface area contributed by atoms with E-state index in [0.717, 1.165) is 12.1 Å². The summed E-state index contributed by atoms with van der Waals surface area (Å²) >= 11 is 0. The van der Waals surface area contributed by atoms with Crippen molar-refractivity contribution in [2.24, 2.45) is 5.73 Å². The molecular formula is C13H19FN2O2. The Bertz CT molecular complexity index is 372. The minimum atomic E-state index is -0.246. The summed E-state index contributed by atoms with van der Waals surface area (Å²) in [4.78, 5) is 2.18. The molecule has 2 atom stereocenters. The summed E-state index contributed by atoms with van der Waals surface area (Å²) in [6.07, 6.45) is -0.159. The fraction of sp³-hybridized carbons (Fsp3) is 0.538. The lowest BCUT2D eigenvalue weighted by Gasteiger charge is -2.37. The summed E-state index contributed by atoms with van der Waals surface area (Å²) in [5.41, 5.74) is 6.82. The molecular weight excluding hydrogens is 235 g/mol. The van der Waals surface area contributed by atoms with Crippen LogP contribution in [0.5, 0.6) is 0 Å². The number of aliphatic hydroxyl groups excluding tert-OH is 1. The Balaban J connectivity index is 2.10. The van der Waals surface area contributed by atoms with Gasteiger partial charge in [0.25, 0.3) is 0 Å². The number of nitrogens with two attached hydrogens (primary N) is 1. The largest absolute Gasteiger partial charge is 0.394 e. The molecule has 3 N–H and O–H groups in total. The average Bonchev–Trinajstić information content (AvgIpc) is 2.42. The van der Waals surface area contributed by atoms with Crippen LogP contribution in [0.2, 0.25) is 0 Å². The number of aliphatic hydroxyl groups is 1. The van der Waals surface area contributed by atoms with E-state index in [1.807, 2.05) is 0 Å². The van der Waals surface area contributed by atoms with E-state index in [9.17, 15) is 4.39 Å². The summed E-state index contributed by atoms with van der Waals surface area (Å²) < 4.78 is 18.3. The highest BCUT2D eigenvalue weighted by molar-refractivity contribution is 5.20. The first-order valence-electron chi connectivity index (χ1n) is 6.16. The van der Waals surface area contributed by atoms with Crippen LogP contribution >= 0.6 is 0 Å². The Hall–Kier alpha value is -1.01. The van der Waals surface area contributed by atoms with Crippen LogP contribution in [0.3, 0.4) is 0 Å². The molecule has 1 heterocycles. The van der Waals surface area contributed by atoms with Crippen LogP contribution in [0.1, 0.15) is 11.6 Å². The van der Waals surface area contributed by atoms with Gasteiger partial charge in [0.1, 0.15) is 5.82 Å². The number of ether oxygens (including phenoxy) is 1. The van der Waals surface area contributed by atoms with E-state index in [1.54, 1.807) is 12.1 Å². The molecule has 0 aromatic heterocycles. The van der Waals surface area contributed by atoms with Crippen molar-refractivity contribution in [1.29, 1.82) is 0 Å². The second-order valence-electron chi connectivity index (χ2n) is 4.47. The Morgan fingerprint density at radius 3 is 2.78 bits per heavy atom. The standard InChI is InChI=1S/C13H19FN2O2/c14-11-3-1-10(2-4-11)13(7-15)16-5-6-18-12(8-16)9-17/h1-4,12-13,17H,5-9,15H2. The van der Waals surface area contributed by atoms with Crippen molar-refractivity contribution >= 4 is 0 Å². The van der Waals surface area contributed by atoms with Gasteiger partial charge in [0.15, 0.2) is 0 Å². The van der Waals surface area contributed by atoms with Gasteiger partial charge in [0.05, 0.1) is 19.3 Å². The lowest BCUT2D eigenvalue weighted by Crippen LogP contribution is -2.47. The zero-order valence-electron chi connectivity index (χ0n) is 10.3. The van der Waals surface area contributed by atoms with Crippen molar-refractivity contribution in [3.8, 4) is 0 Å². The van der Waals surface area contributed by atoms with E-state index in [4.69, 9.17) is 15.6 Å². The fourth-order valence-corrected chi connectivity index (χ4v) is 2.32. The first-order chi connectivity index (χ1) is 8.74. The summed E-state index contributed by atoms with van der Waals surface area (Å²) in [5.74, 6) is -0.246. The van der Waals surface area contributed by atoms with E-state index in [2.05, 4.69) is 4.90 Å². The third-order valence-corrected chi connectivity index (χ3v) is 3.29. The molecule has 1 saturated heterocycles. The third-order valence-electron chi connectivity index (χ3n) is 3.29. The lowest BCUT2D eigenvalue weighted by atomic mass is 10.0. The third kappa shape index (κ3) is 3.05. The van der Waals surface area contributed by atoms with Gasteiger partial charge in [-0.15, -0.1) is 0 Å². The second kappa shape index (κ2) is 6.24. The lowest BCUT2D eigenvalue weighted by molar-refractivity contribution is -0.0643. The van der Waals surface area contributed by atoms with E-state index in [1.165, 1.54) is 12.1 Å². The van der Waals surface area contributed by atoms with Gasteiger partial charge in [-0.3, -0.25) is 4.90 Å². The highest BCUT2D eigenvalue weighted by Crippen LogP contribution is 2.22. The van der Waals surface area contributed by atoms with Gasteiger partial charge in [-0.05, 0) is 17.7 Å². The maximum Gasteiger partial charge on any atom is 0.123 e. The van der Waals surface area contributed by atoms with Gasteiger partial charge in [-0.25, -0.2) is 4.39 Å². The Morgan fingerprint density at radius 2 is 2.17 bits per heavy atom. The minimum absolute atomic E-state index is 0.0111. The van der Waals surface area contributed by atoms with Gasteiger partial charge in [0.2, 0.25) is 0 Å². The number of hydrogen-bond donors (Lipinski definition) is 2. The fourth-order valence-electron chi connectivity index (χ4n) is 2.32. The van der Waals surface area contributed by atoms with Gasteiger partial charge < -0.3 is 15.6 Å². The highest BCUT2D eigenvalue weighted by atomic mass is 19.1. The molecule has 18 heavy (non-hydrogen) atoms. The smallest absolute Gasteiger partial charge is 0.123 e. The number of rotatable bonds is 4. The monoisotopic (exact) mass is 254 g/mol. The van der Waals surface area contributed by atoms with Gasteiger partial charge in [0, 0.05) is 25.7 Å². The maximum absolute atomic E-state index is 12.9. The normalized spacial score (nSPS) is 22.9. The average molecular weight is 254 g/mol. The molecule has 2 rings (SSSR count). The van der Waals surface area contributed by atoms with Crippen molar-refractivity contribution in [2.75, 3.05) is 32.8 Å². The molecule has 0 saturated carbocycles. The molecule has 1 aromatic carbocycles. The molecule has 1 aliphatic rings. The first kappa shape index (κ1) is 13.4. The quantitative estimate of drug-likeness (QED) is 0.822. The van der Waals surface area contributed by atoms with Crippen molar-refractivity contribution in [1.82, 2.24) is 4.90 Å². The maximum atomic E-state index is 12.9. The van der Waals surface area contributed by atoms with E-state index >= 15 is 0 Å². The highest BCUT2D eigenvalue weighted by Gasteiger charge is 2.26. The van der Waals surface area contributed by atoms with Gasteiger partial charge in [-0.2, -0.15) is 0 Å². The molecule has 1 fully saturated rings. The van der Waals surface area contributed by atoms with Crippen LogP contribution in [-0.2, 0) is 4.74 Å². The van der Waals surface area contributed by atoms with Crippen molar-refractivity contribution in [2.45, 2.75) is 12.1 Å². The van der Waals surface area contributed by atoms with Crippen LogP contribution in [0, 0.1) is 5.82 Å². The predicted octanol–water partition coefficient (Wildman–Crippen LogP) is 0.519. The molecule has 4 nitrogen and oxygen atoms in total. The zero-order chi connectivity index (χ0) is 13.0. The molecule has 0 aliphatic carbocycles. The van der Waals surface area contributed by atoms with Gasteiger partial charge >= 0.3 is 0 Å². The summed E-state index contributed by atoms with van der Waals surface area (Å²) in [6, 6.07) is 6.46. The molecule has 100 valence electrons. The molecule has 0 spiro atoms. The molecule has 0 bridgehead atoms. The molecule has 1 aromatic rings. The molecule has 0 amide bonds. The number of halogens is 1. The summed E-state index contributed by atoms with van der Waals surface area (Å²) in [5, 5.41) is 9.14. The zero-order valence-corrected chi connectivity index (χ0v) is 10.3. The van der Waals surface area contributed by atoms with E-state index in [0.29, 0.717) is 19.7 Å². The molecule has 5 heteroatoms. The van der Waals surface area contributed by atoms with E-state index < -0.39 is 0 Å².